The molecule has 0 radical (unpaired) electrons. The van der Waals surface area contributed by atoms with Gasteiger partial charge in [0.05, 0.1) is 6.10 Å². The molecule has 0 saturated carbocycles. The molecule has 1 aliphatic heterocycles. The minimum Gasteiger partial charge on any atom is -0.399 e. The Balaban J connectivity index is 2.14. The van der Waals surface area contributed by atoms with Gasteiger partial charge in [-0.25, -0.2) is 0 Å². The van der Waals surface area contributed by atoms with Gasteiger partial charge < -0.3 is 15.4 Å². The van der Waals surface area contributed by atoms with Crippen molar-refractivity contribution in [2.75, 3.05) is 30.3 Å². The van der Waals surface area contributed by atoms with E-state index in [1.54, 1.807) is 0 Å². The van der Waals surface area contributed by atoms with E-state index in [0.29, 0.717) is 6.10 Å². The highest BCUT2D eigenvalue weighted by Crippen LogP contribution is 2.19. The zero-order chi connectivity index (χ0) is 10.7. The summed E-state index contributed by atoms with van der Waals surface area (Å²) in [6.07, 6.45) is 1.38. The van der Waals surface area contributed by atoms with Crippen molar-refractivity contribution in [3.8, 4) is 0 Å². The highest BCUT2D eigenvalue weighted by molar-refractivity contribution is 5.56. The summed E-state index contributed by atoms with van der Waals surface area (Å²) in [6, 6.07) is 8.05. The van der Waals surface area contributed by atoms with E-state index in [2.05, 4.69) is 17.9 Å². The number of rotatable bonds is 1. The third-order valence-electron chi connectivity index (χ3n) is 2.69. The fourth-order valence-corrected chi connectivity index (χ4v) is 1.95. The van der Waals surface area contributed by atoms with Crippen molar-refractivity contribution in [2.45, 2.75) is 19.4 Å². The number of benzene rings is 1. The molecule has 0 aromatic heterocycles. The molecule has 0 bridgehead atoms. The quantitative estimate of drug-likeness (QED) is 0.713. The van der Waals surface area contributed by atoms with E-state index < -0.39 is 0 Å². The second-order valence-corrected chi connectivity index (χ2v) is 4.08. The first-order chi connectivity index (χ1) is 7.25. The standard InChI is InChI=1S/C12H18N2O/c1-10-9-14(6-3-7-15-10)12-5-2-4-11(13)8-12/h2,4-5,8,10H,3,6-7,9,13H2,1H3. The molecule has 0 aliphatic carbocycles. The van der Waals surface area contributed by atoms with Gasteiger partial charge in [-0.3, -0.25) is 0 Å². The molecule has 1 atom stereocenters. The molecule has 2 rings (SSSR count). The maximum absolute atomic E-state index is 5.78. The number of nitrogen functional groups attached to an aromatic ring is 1. The number of hydrogen-bond donors (Lipinski definition) is 1. The molecule has 1 aromatic carbocycles. The van der Waals surface area contributed by atoms with Gasteiger partial charge in [0.2, 0.25) is 0 Å². The second-order valence-electron chi connectivity index (χ2n) is 4.08. The first-order valence-corrected chi connectivity index (χ1v) is 5.48. The molecule has 15 heavy (non-hydrogen) atoms. The lowest BCUT2D eigenvalue weighted by atomic mass is 10.2. The van der Waals surface area contributed by atoms with E-state index in [0.717, 1.165) is 31.8 Å². The minimum atomic E-state index is 0.300. The van der Waals surface area contributed by atoms with Gasteiger partial charge >= 0.3 is 0 Å². The molecule has 2 N–H and O–H groups in total. The fourth-order valence-electron chi connectivity index (χ4n) is 1.95. The normalized spacial score (nSPS) is 22.5. The molecule has 82 valence electrons. The van der Waals surface area contributed by atoms with Crippen LogP contribution in [-0.4, -0.2) is 25.8 Å². The topological polar surface area (TPSA) is 38.5 Å². The van der Waals surface area contributed by atoms with Gasteiger partial charge in [0.1, 0.15) is 0 Å². The molecule has 1 unspecified atom stereocenters. The van der Waals surface area contributed by atoms with E-state index >= 15 is 0 Å². The summed E-state index contributed by atoms with van der Waals surface area (Å²) in [4.78, 5) is 2.34. The van der Waals surface area contributed by atoms with Gasteiger partial charge in [0.15, 0.2) is 0 Å². The van der Waals surface area contributed by atoms with Gasteiger partial charge in [0, 0.05) is 31.1 Å². The van der Waals surface area contributed by atoms with Crippen LogP contribution in [0.3, 0.4) is 0 Å². The zero-order valence-corrected chi connectivity index (χ0v) is 9.15. The van der Waals surface area contributed by atoms with Crippen LogP contribution in [0.4, 0.5) is 11.4 Å². The van der Waals surface area contributed by atoms with Crippen LogP contribution in [0.5, 0.6) is 0 Å². The highest BCUT2D eigenvalue weighted by Gasteiger charge is 2.15. The maximum Gasteiger partial charge on any atom is 0.0721 e. The summed E-state index contributed by atoms with van der Waals surface area (Å²) in [5.74, 6) is 0. The van der Waals surface area contributed by atoms with E-state index in [1.807, 2.05) is 18.2 Å². The minimum absolute atomic E-state index is 0.300. The molecule has 1 aromatic rings. The first-order valence-electron chi connectivity index (χ1n) is 5.48. The third-order valence-corrected chi connectivity index (χ3v) is 2.69. The Labute approximate surface area is 90.8 Å². The second kappa shape index (κ2) is 4.53. The van der Waals surface area contributed by atoms with Crippen molar-refractivity contribution in [3.05, 3.63) is 24.3 Å². The number of hydrogen-bond acceptors (Lipinski definition) is 3. The van der Waals surface area contributed by atoms with Crippen molar-refractivity contribution in [1.82, 2.24) is 0 Å². The summed E-state index contributed by atoms with van der Waals surface area (Å²) in [6.45, 7) is 4.97. The lowest BCUT2D eigenvalue weighted by Crippen LogP contribution is -2.30. The predicted molar refractivity (Wildman–Crippen MR) is 63.1 cm³/mol. The van der Waals surface area contributed by atoms with E-state index in [1.165, 1.54) is 5.69 Å². The molecular formula is C12H18N2O. The average Bonchev–Trinajstić information content (AvgIpc) is 2.43. The zero-order valence-electron chi connectivity index (χ0n) is 9.15. The van der Waals surface area contributed by atoms with Crippen LogP contribution in [0.15, 0.2) is 24.3 Å². The van der Waals surface area contributed by atoms with Crippen molar-refractivity contribution in [3.63, 3.8) is 0 Å². The van der Waals surface area contributed by atoms with Crippen molar-refractivity contribution < 1.29 is 4.74 Å². The Morgan fingerprint density at radius 1 is 1.47 bits per heavy atom. The highest BCUT2D eigenvalue weighted by atomic mass is 16.5. The monoisotopic (exact) mass is 206 g/mol. The average molecular weight is 206 g/mol. The van der Waals surface area contributed by atoms with Gasteiger partial charge in [0.25, 0.3) is 0 Å². The number of anilines is 2. The van der Waals surface area contributed by atoms with Gasteiger partial charge in [-0.2, -0.15) is 0 Å². The molecule has 1 heterocycles. The van der Waals surface area contributed by atoms with E-state index in [4.69, 9.17) is 10.5 Å². The van der Waals surface area contributed by atoms with E-state index in [9.17, 15) is 0 Å². The number of nitrogens with two attached hydrogens (primary N) is 1. The molecule has 0 amide bonds. The van der Waals surface area contributed by atoms with Crippen LogP contribution >= 0.6 is 0 Å². The van der Waals surface area contributed by atoms with Crippen LogP contribution < -0.4 is 10.6 Å². The molecule has 3 nitrogen and oxygen atoms in total. The summed E-state index contributed by atoms with van der Waals surface area (Å²) in [5, 5.41) is 0. The Kier molecular flexibility index (Phi) is 3.11. The summed E-state index contributed by atoms with van der Waals surface area (Å²) in [5.41, 5.74) is 7.81. The Bertz CT molecular complexity index is 327. The summed E-state index contributed by atoms with van der Waals surface area (Å²) >= 11 is 0. The lowest BCUT2D eigenvalue weighted by molar-refractivity contribution is 0.0821. The smallest absolute Gasteiger partial charge is 0.0721 e. The van der Waals surface area contributed by atoms with E-state index in [-0.39, 0.29) is 0 Å². The largest absolute Gasteiger partial charge is 0.399 e. The van der Waals surface area contributed by atoms with Crippen LogP contribution in [-0.2, 0) is 4.74 Å². The first kappa shape index (κ1) is 10.3. The van der Waals surface area contributed by atoms with Gasteiger partial charge in [-0.1, -0.05) is 6.07 Å². The molecule has 1 saturated heterocycles. The van der Waals surface area contributed by atoms with Crippen LogP contribution in [0, 0.1) is 0 Å². The molecule has 1 aliphatic rings. The Morgan fingerprint density at radius 2 is 2.33 bits per heavy atom. The molecular weight excluding hydrogens is 188 g/mol. The van der Waals surface area contributed by atoms with Crippen LogP contribution in [0.25, 0.3) is 0 Å². The number of nitrogens with zero attached hydrogens (tertiary/aromatic N) is 1. The van der Waals surface area contributed by atoms with Gasteiger partial charge in [-0.15, -0.1) is 0 Å². The SMILES string of the molecule is CC1CN(c2cccc(N)c2)CCCO1. The fraction of sp³-hybridized carbons (Fsp3) is 0.500. The predicted octanol–water partition coefficient (Wildman–Crippen LogP) is 1.88. The van der Waals surface area contributed by atoms with Crippen LogP contribution in [0.1, 0.15) is 13.3 Å². The van der Waals surface area contributed by atoms with Crippen molar-refractivity contribution >= 4 is 11.4 Å². The van der Waals surface area contributed by atoms with Gasteiger partial charge in [-0.05, 0) is 31.5 Å². The third kappa shape index (κ3) is 2.63. The number of ether oxygens (including phenoxy) is 1. The summed E-state index contributed by atoms with van der Waals surface area (Å²) in [7, 11) is 0. The Morgan fingerprint density at radius 3 is 3.13 bits per heavy atom. The molecule has 1 fully saturated rings. The molecule has 0 spiro atoms. The lowest BCUT2D eigenvalue weighted by Gasteiger charge is -2.24. The van der Waals surface area contributed by atoms with Crippen molar-refractivity contribution in [1.29, 1.82) is 0 Å². The summed E-state index contributed by atoms with van der Waals surface area (Å²) < 4.78 is 5.61. The molecule has 3 heteroatoms. The van der Waals surface area contributed by atoms with Crippen molar-refractivity contribution in [2.24, 2.45) is 0 Å². The maximum atomic E-state index is 5.78. The Hall–Kier alpha value is -1.22. The van der Waals surface area contributed by atoms with Crippen LogP contribution in [0.2, 0.25) is 0 Å².